The number of hydrogen-bond donors (Lipinski definition) is 1. The van der Waals surface area contributed by atoms with E-state index in [-0.39, 0.29) is 5.78 Å². The first kappa shape index (κ1) is 22.6. The van der Waals surface area contributed by atoms with Gasteiger partial charge in [0.15, 0.2) is 11.6 Å². The Morgan fingerprint density at radius 1 is 1.06 bits per heavy atom. The summed E-state index contributed by atoms with van der Waals surface area (Å²) in [5.74, 6) is 2.48. The molecule has 7 nitrogen and oxygen atoms in total. The van der Waals surface area contributed by atoms with Gasteiger partial charge in [-0.05, 0) is 62.8 Å². The summed E-state index contributed by atoms with van der Waals surface area (Å²) >= 11 is 0. The van der Waals surface area contributed by atoms with Crippen LogP contribution in [0, 0.1) is 0 Å². The average molecular weight is 443 g/mol. The van der Waals surface area contributed by atoms with Gasteiger partial charge in [-0.2, -0.15) is 5.10 Å². The lowest BCUT2D eigenvalue weighted by atomic mass is 10.1. The van der Waals surface area contributed by atoms with Crippen molar-refractivity contribution >= 4 is 23.6 Å². The van der Waals surface area contributed by atoms with E-state index in [9.17, 15) is 4.79 Å². The number of aryl methyl sites for hydroxylation is 2. The first-order valence-electron chi connectivity index (χ1n) is 11.6. The standard InChI is InChI=1S/C26H30N6O/c1-20(33)22-10-7-9-21(17-22)19-28-31-25-18-26(32-15-5-2-6-16-32)30-24(29-25)13-8-12-23-11-3-4-14-27-23/h3-4,7,9-11,14,17-19H,2,5-6,8,12-13,15-16H2,1H3,(H,29,30,31)/b28-19+. The Bertz CT molecular complexity index is 1090. The van der Waals surface area contributed by atoms with Crippen LogP contribution < -0.4 is 10.3 Å². The summed E-state index contributed by atoms with van der Waals surface area (Å²) in [5, 5.41) is 4.36. The number of carbonyl (C=O) groups is 1. The van der Waals surface area contributed by atoms with E-state index in [1.54, 1.807) is 19.2 Å². The first-order chi connectivity index (χ1) is 16.2. The molecule has 1 aliphatic rings. The number of ketones is 1. The molecule has 3 aromatic rings. The Morgan fingerprint density at radius 2 is 1.94 bits per heavy atom. The van der Waals surface area contributed by atoms with E-state index >= 15 is 0 Å². The molecule has 0 spiro atoms. The normalized spacial score (nSPS) is 13.9. The highest BCUT2D eigenvalue weighted by Crippen LogP contribution is 2.21. The minimum absolute atomic E-state index is 0.0375. The maximum Gasteiger partial charge on any atom is 0.159 e. The predicted molar refractivity (Wildman–Crippen MR) is 132 cm³/mol. The zero-order valence-corrected chi connectivity index (χ0v) is 19.1. The highest BCUT2D eigenvalue weighted by atomic mass is 16.1. The van der Waals surface area contributed by atoms with E-state index in [1.807, 2.05) is 48.7 Å². The molecule has 4 rings (SSSR count). The molecule has 0 saturated carbocycles. The number of piperidine rings is 1. The number of carbonyl (C=O) groups excluding carboxylic acids is 1. The second-order valence-electron chi connectivity index (χ2n) is 8.30. The lowest BCUT2D eigenvalue weighted by Gasteiger charge is -2.28. The van der Waals surface area contributed by atoms with Gasteiger partial charge in [0.2, 0.25) is 0 Å². The van der Waals surface area contributed by atoms with Gasteiger partial charge < -0.3 is 4.90 Å². The molecule has 1 fully saturated rings. The zero-order chi connectivity index (χ0) is 22.9. The Hall–Kier alpha value is -3.61. The molecule has 1 N–H and O–H groups in total. The first-order valence-corrected chi connectivity index (χ1v) is 11.6. The van der Waals surface area contributed by atoms with E-state index in [0.717, 1.165) is 55.3 Å². The largest absolute Gasteiger partial charge is 0.356 e. The Kier molecular flexibility index (Phi) is 7.74. The molecule has 1 aliphatic heterocycles. The second-order valence-corrected chi connectivity index (χ2v) is 8.30. The molecule has 0 amide bonds. The van der Waals surface area contributed by atoms with E-state index in [0.29, 0.717) is 11.4 Å². The number of nitrogens with one attached hydrogen (secondary N) is 1. The fourth-order valence-electron chi connectivity index (χ4n) is 3.92. The van der Waals surface area contributed by atoms with Gasteiger partial charge in [0.25, 0.3) is 0 Å². The van der Waals surface area contributed by atoms with Gasteiger partial charge in [0.1, 0.15) is 11.6 Å². The summed E-state index contributed by atoms with van der Waals surface area (Å²) in [7, 11) is 0. The number of hydrazone groups is 1. The van der Waals surface area contributed by atoms with Crippen molar-refractivity contribution in [2.75, 3.05) is 23.4 Å². The van der Waals surface area contributed by atoms with Gasteiger partial charge in [-0.3, -0.25) is 15.2 Å². The molecule has 0 aliphatic carbocycles. The quantitative estimate of drug-likeness (QED) is 0.294. The fraction of sp³-hybridized carbons (Fsp3) is 0.346. The average Bonchev–Trinajstić information content (AvgIpc) is 2.85. The van der Waals surface area contributed by atoms with Crippen LogP contribution in [0.5, 0.6) is 0 Å². The number of Topliss-reactive ketones (excluding diaryl/α,β-unsaturated/α-hetero) is 1. The van der Waals surface area contributed by atoms with Gasteiger partial charge in [-0.25, -0.2) is 9.97 Å². The fourth-order valence-corrected chi connectivity index (χ4v) is 3.92. The number of pyridine rings is 1. The van der Waals surface area contributed by atoms with Crippen LogP contribution in [0.2, 0.25) is 0 Å². The number of aromatic nitrogens is 3. The topological polar surface area (TPSA) is 83.4 Å². The predicted octanol–water partition coefficient (Wildman–Crippen LogP) is 4.69. The minimum atomic E-state index is 0.0375. The smallest absolute Gasteiger partial charge is 0.159 e. The van der Waals surface area contributed by atoms with E-state index in [4.69, 9.17) is 9.97 Å². The minimum Gasteiger partial charge on any atom is -0.356 e. The van der Waals surface area contributed by atoms with Gasteiger partial charge in [0.05, 0.1) is 6.21 Å². The molecule has 0 bridgehead atoms. The SMILES string of the molecule is CC(=O)c1cccc(/C=N/Nc2cc(N3CCCCC3)nc(CCCc3ccccn3)n2)c1. The maximum atomic E-state index is 11.6. The third kappa shape index (κ3) is 6.68. The number of rotatable bonds is 9. The Morgan fingerprint density at radius 3 is 2.73 bits per heavy atom. The maximum absolute atomic E-state index is 11.6. The molecule has 2 aromatic heterocycles. The van der Waals surface area contributed by atoms with Crippen molar-refractivity contribution in [2.45, 2.75) is 45.4 Å². The van der Waals surface area contributed by atoms with Crippen LogP contribution in [0.4, 0.5) is 11.6 Å². The van der Waals surface area contributed by atoms with Gasteiger partial charge in [-0.15, -0.1) is 0 Å². The number of hydrogen-bond acceptors (Lipinski definition) is 7. The van der Waals surface area contributed by atoms with Crippen molar-refractivity contribution in [3.05, 3.63) is 77.4 Å². The van der Waals surface area contributed by atoms with Crippen LogP contribution in [0.15, 0.2) is 59.8 Å². The third-order valence-corrected chi connectivity index (χ3v) is 5.68. The van der Waals surface area contributed by atoms with Crippen molar-refractivity contribution in [1.82, 2.24) is 15.0 Å². The van der Waals surface area contributed by atoms with Crippen LogP contribution in [0.25, 0.3) is 0 Å². The van der Waals surface area contributed by atoms with Crippen LogP contribution >= 0.6 is 0 Å². The number of anilines is 2. The molecule has 0 atom stereocenters. The van der Waals surface area contributed by atoms with Gasteiger partial charge in [0, 0.05) is 43.0 Å². The molecule has 0 radical (unpaired) electrons. The van der Waals surface area contributed by atoms with E-state index in [1.165, 1.54) is 19.3 Å². The monoisotopic (exact) mass is 442 g/mol. The van der Waals surface area contributed by atoms with Crippen LogP contribution in [0.1, 0.15) is 60.0 Å². The molecule has 1 aromatic carbocycles. The van der Waals surface area contributed by atoms with Gasteiger partial charge >= 0.3 is 0 Å². The molecule has 33 heavy (non-hydrogen) atoms. The molecule has 170 valence electrons. The van der Waals surface area contributed by atoms with E-state index < -0.39 is 0 Å². The summed E-state index contributed by atoms with van der Waals surface area (Å²) in [4.78, 5) is 27.9. The summed E-state index contributed by atoms with van der Waals surface area (Å²) in [6.45, 7) is 3.60. The third-order valence-electron chi connectivity index (χ3n) is 5.68. The Labute approximate surface area is 195 Å². The summed E-state index contributed by atoms with van der Waals surface area (Å²) in [5.41, 5.74) is 5.68. The van der Waals surface area contributed by atoms with Crippen LogP contribution in [-0.4, -0.2) is 40.0 Å². The molecule has 0 unspecified atom stereocenters. The number of nitrogens with zero attached hydrogens (tertiary/aromatic N) is 5. The van der Waals surface area contributed by atoms with Crippen molar-refractivity contribution in [2.24, 2.45) is 5.10 Å². The second kappa shape index (κ2) is 11.3. The zero-order valence-electron chi connectivity index (χ0n) is 19.1. The van der Waals surface area contributed by atoms with Gasteiger partial charge in [-0.1, -0.05) is 24.3 Å². The van der Waals surface area contributed by atoms with Crippen molar-refractivity contribution in [3.8, 4) is 0 Å². The van der Waals surface area contributed by atoms with Crippen LogP contribution in [0.3, 0.4) is 0 Å². The molecular formula is C26H30N6O. The molecule has 1 saturated heterocycles. The summed E-state index contributed by atoms with van der Waals surface area (Å²) < 4.78 is 0. The van der Waals surface area contributed by atoms with Crippen molar-refractivity contribution < 1.29 is 4.79 Å². The highest BCUT2D eigenvalue weighted by Gasteiger charge is 2.15. The molecule has 7 heteroatoms. The van der Waals surface area contributed by atoms with Crippen molar-refractivity contribution in [3.63, 3.8) is 0 Å². The molecule has 3 heterocycles. The summed E-state index contributed by atoms with van der Waals surface area (Å²) in [6.07, 6.45) is 9.78. The molecular weight excluding hydrogens is 412 g/mol. The van der Waals surface area contributed by atoms with E-state index in [2.05, 4.69) is 20.4 Å². The van der Waals surface area contributed by atoms with Crippen LogP contribution in [-0.2, 0) is 12.8 Å². The summed E-state index contributed by atoms with van der Waals surface area (Å²) in [6, 6.07) is 15.4. The lowest BCUT2D eigenvalue weighted by Crippen LogP contribution is -2.30. The number of benzene rings is 1. The lowest BCUT2D eigenvalue weighted by molar-refractivity contribution is 0.101. The highest BCUT2D eigenvalue weighted by molar-refractivity contribution is 5.96. The van der Waals surface area contributed by atoms with Crippen molar-refractivity contribution in [1.29, 1.82) is 0 Å². The Balaban J connectivity index is 1.47.